The minimum Gasteiger partial charge on any atom is -0.406 e. The van der Waals surface area contributed by atoms with Crippen molar-refractivity contribution in [3.05, 3.63) is 77.9 Å². The molecule has 3 aromatic carbocycles. The van der Waals surface area contributed by atoms with Crippen LogP contribution in [0.3, 0.4) is 0 Å². The zero-order chi connectivity index (χ0) is 19.9. The lowest BCUT2D eigenvalue weighted by molar-refractivity contribution is -0.274. The Labute approximate surface area is 160 Å². The van der Waals surface area contributed by atoms with E-state index in [0.717, 1.165) is 28.4 Å². The van der Waals surface area contributed by atoms with Gasteiger partial charge in [0, 0.05) is 28.4 Å². The molecule has 0 unspecified atom stereocenters. The molecule has 0 saturated carbocycles. The molecule has 3 nitrogen and oxygen atoms in total. The lowest BCUT2D eigenvalue weighted by Crippen LogP contribution is -2.17. The molecule has 0 spiro atoms. The molecule has 0 bridgehead atoms. The number of fused-ring (bicyclic) bond motifs is 3. The normalized spacial score (nSPS) is 13.2. The Morgan fingerprint density at radius 2 is 1.54 bits per heavy atom. The van der Waals surface area contributed by atoms with Gasteiger partial charge in [0.15, 0.2) is 0 Å². The molecule has 4 rings (SSSR count). The highest BCUT2D eigenvalue weighted by atomic mass is 19.4. The van der Waals surface area contributed by atoms with E-state index in [1.54, 1.807) is 12.1 Å². The molecule has 2 N–H and O–H groups in total. The molecule has 4 aromatic rings. The van der Waals surface area contributed by atoms with Crippen LogP contribution in [0.1, 0.15) is 24.1 Å². The maximum atomic E-state index is 12.3. The first-order valence-corrected chi connectivity index (χ1v) is 8.99. The second-order valence-electron chi connectivity index (χ2n) is 6.63. The molecule has 1 atom stereocenters. The van der Waals surface area contributed by atoms with Crippen molar-refractivity contribution >= 4 is 21.8 Å². The lowest BCUT2D eigenvalue weighted by atomic mass is 9.98. The Kier molecular flexibility index (Phi) is 4.51. The maximum absolute atomic E-state index is 12.3. The fraction of sp³-hybridized carbons (Fsp3) is 0.182. The van der Waals surface area contributed by atoms with Crippen molar-refractivity contribution in [2.24, 2.45) is 5.73 Å². The number of nitrogens with zero attached hydrogens (tertiary/aromatic N) is 1. The third kappa shape index (κ3) is 3.31. The maximum Gasteiger partial charge on any atom is 0.573 e. The van der Waals surface area contributed by atoms with E-state index < -0.39 is 12.4 Å². The summed E-state index contributed by atoms with van der Waals surface area (Å²) < 4.78 is 43.1. The molecule has 0 saturated heterocycles. The average molecular weight is 384 g/mol. The highest BCUT2D eigenvalue weighted by molar-refractivity contribution is 6.08. The molecule has 0 aliphatic heterocycles. The number of halogens is 3. The zero-order valence-electron chi connectivity index (χ0n) is 15.2. The summed E-state index contributed by atoms with van der Waals surface area (Å²) in [6.45, 7) is 2.96. The molecule has 0 fully saturated rings. The SMILES string of the molecule is CCn1c2ccccc2c2cc([C@H](N)c3ccc(OC(F)(F)F)cc3)ccc21. The number of rotatable bonds is 4. The highest BCUT2D eigenvalue weighted by Gasteiger charge is 2.31. The summed E-state index contributed by atoms with van der Waals surface area (Å²) >= 11 is 0. The van der Waals surface area contributed by atoms with Crippen molar-refractivity contribution in [3.63, 3.8) is 0 Å². The second-order valence-corrected chi connectivity index (χ2v) is 6.63. The molecule has 0 amide bonds. The van der Waals surface area contributed by atoms with Crippen molar-refractivity contribution in [2.45, 2.75) is 25.9 Å². The Morgan fingerprint density at radius 1 is 0.893 bits per heavy atom. The van der Waals surface area contributed by atoms with Crippen LogP contribution in [0, 0.1) is 0 Å². The van der Waals surface area contributed by atoms with Gasteiger partial charge in [-0.2, -0.15) is 0 Å². The summed E-state index contributed by atoms with van der Waals surface area (Å²) in [5.41, 5.74) is 10.3. The summed E-state index contributed by atoms with van der Waals surface area (Å²) in [6, 6.07) is 19.5. The van der Waals surface area contributed by atoms with Crippen molar-refractivity contribution < 1.29 is 17.9 Å². The van der Waals surface area contributed by atoms with E-state index in [1.165, 1.54) is 17.6 Å². The first-order chi connectivity index (χ1) is 13.4. The van der Waals surface area contributed by atoms with Crippen molar-refractivity contribution in [2.75, 3.05) is 0 Å². The third-order valence-electron chi connectivity index (χ3n) is 4.94. The van der Waals surface area contributed by atoms with E-state index in [1.807, 2.05) is 18.2 Å². The number of para-hydroxylation sites is 1. The number of benzene rings is 3. The Balaban J connectivity index is 1.72. The Bertz CT molecular complexity index is 1130. The van der Waals surface area contributed by atoms with E-state index in [4.69, 9.17) is 5.73 Å². The first-order valence-electron chi connectivity index (χ1n) is 8.99. The summed E-state index contributed by atoms with van der Waals surface area (Å²) in [6.07, 6.45) is -4.71. The molecule has 28 heavy (non-hydrogen) atoms. The van der Waals surface area contributed by atoms with Crippen LogP contribution in [0.15, 0.2) is 66.7 Å². The molecule has 1 aromatic heterocycles. The van der Waals surface area contributed by atoms with E-state index in [9.17, 15) is 13.2 Å². The quantitative estimate of drug-likeness (QED) is 0.486. The molecule has 6 heteroatoms. The molecule has 144 valence electrons. The highest BCUT2D eigenvalue weighted by Crippen LogP contribution is 2.32. The van der Waals surface area contributed by atoms with Gasteiger partial charge >= 0.3 is 6.36 Å². The van der Waals surface area contributed by atoms with Crippen LogP contribution in [0.2, 0.25) is 0 Å². The topological polar surface area (TPSA) is 40.2 Å². The van der Waals surface area contributed by atoms with Crippen LogP contribution in [-0.4, -0.2) is 10.9 Å². The number of hydrogen-bond acceptors (Lipinski definition) is 2. The minimum absolute atomic E-state index is 0.259. The second kappa shape index (κ2) is 6.87. The molecule has 1 heterocycles. The van der Waals surface area contributed by atoms with Crippen LogP contribution in [0.4, 0.5) is 13.2 Å². The van der Waals surface area contributed by atoms with E-state index in [2.05, 4.69) is 40.5 Å². The number of aromatic nitrogens is 1. The Hall–Kier alpha value is -2.99. The van der Waals surface area contributed by atoms with E-state index in [0.29, 0.717) is 5.56 Å². The third-order valence-corrected chi connectivity index (χ3v) is 4.94. The minimum atomic E-state index is -4.71. The van der Waals surface area contributed by atoms with Crippen LogP contribution in [0.5, 0.6) is 5.75 Å². The summed E-state index contributed by atoms with van der Waals surface area (Å²) in [5.74, 6) is -0.259. The molecule has 0 radical (unpaired) electrons. The van der Waals surface area contributed by atoms with Gasteiger partial charge in [0.25, 0.3) is 0 Å². The predicted octanol–water partition coefficient (Wildman–Crippen LogP) is 5.76. The van der Waals surface area contributed by atoms with Gasteiger partial charge in [-0.25, -0.2) is 0 Å². The van der Waals surface area contributed by atoms with Gasteiger partial charge < -0.3 is 15.0 Å². The number of aryl methyl sites for hydroxylation is 1. The van der Waals surface area contributed by atoms with Crippen LogP contribution in [-0.2, 0) is 6.54 Å². The van der Waals surface area contributed by atoms with Crippen LogP contribution < -0.4 is 10.5 Å². The fourth-order valence-corrected chi connectivity index (χ4v) is 3.67. The summed E-state index contributed by atoms with van der Waals surface area (Å²) in [7, 11) is 0. The van der Waals surface area contributed by atoms with E-state index in [-0.39, 0.29) is 5.75 Å². The van der Waals surface area contributed by atoms with Crippen molar-refractivity contribution in [1.29, 1.82) is 0 Å². The number of nitrogens with two attached hydrogens (primary N) is 1. The van der Waals surface area contributed by atoms with Crippen LogP contribution in [0.25, 0.3) is 21.8 Å². The van der Waals surface area contributed by atoms with Gasteiger partial charge in [0.1, 0.15) is 5.75 Å². The molecular weight excluding hydrogens is 365 g/mol. The van der Waals surface area contributed by atoms with E-state index >= 15 is 0 Å². The molecule has 0 aliphatic rings. The van der Waals surface area contributed by atoms with Crippen LogP contribution >= 0.6 is 0 Å². The molecular formula is C22H19F3N2O. The Morgan fingerprint density at radius 3 is 2.21 bits per heavy atom. The standard InChI is InChI=1S/C22H19F3N2O/c1-2-27-19-6-4-3-5-17(19)18-13-15(9-12-20(18)27)21(26)14-7-10-16(11-8-14)28-22(23,24)25/h3-13,21H,2,26H2,1H3/t21-/m1/s1. The van der Waals surface area contributed by atoms with Gasteiger partial charge in [-0.15, -0.1) is 13.2 Å². The number of alkyl halides is 3. The summed E-state index contributed by atoms with van der Waals surface area (Å²) in [4.78, 5) is 0. The van der Waals surface area contributed by atoms with Crippen molar-refractivity contribution in [3.8, 4) is 5.75 Å². The van der Waals surface area contributed by atoms with Gasteiger partial charge in [0.05, 0.1) is 6.04 Å². The van der Waals surface area contributed by atoms with Gasteiger partial charge in [-0.1, -0.05) is 36.4 Å². The lowest BCUT2D eigenvalue weighted by Gasteiger charge is -2.15. The van der Waals surface area contributed by atoms with Gasteiger partial charge in [-0.05, 0) is 48.4 Å². The smallest absolute Gasteiger partial charge is 0.406 e. The van der Waals surface area contributed by atoms with Crippen molar-refractivity contribution in [1.82, 2.24) is 4.57 Å². The van der Waals surface area contributed by atoms with Gasteiger partial charge in [-0.3, -0.25) is 0 Å². The number of hydrogen-bond donors (Lipinski definition) is 1. The fourth-order valence-electron chi connectivity index (χ4n) is 3.67. The average Bonchev–Trinajstić information content (AvgIpc) is 3.00. The first kappa shape index (κ1) is 18.4. The largest absolute Gasteiger partial charge is 0.573 e. The molecule has 0 aliphatic carbocycles. The monoisotopic (exact) mass is 384 g/mol. The predicted molar refractivity (Wildman–Crippen MR) is 104 cm³/mol. The van der Waals surface area contributed by atoms with Gasteiger partial charge in [0.2, 0.25) is 0 Å². The zero-order valence-corrected chi connectivity index (χ0v) is 15.2. The number of ether oxygens (including phenoxy) is 1. The summed E-state index contributed by atoms with van der Waals surface area (Å²) in [5, 5.41) is 2.27.